The third kappa shape index (κ3) is 4.99. The van der Waals surface area contributed by atoms with Gasteiger partial charge in [-0.3, -0.25) is 4.79 Å². The molecule has 0 spiro atoms. The largest absolute Gasteiger partial charge is 0.416 e. The second-order valence-corrected chi connectivity index (χ2v) is 8.96. The summed E-state index contributed by atoms with van der Waals surface area (Å²) < 4.78 is 78.4. The molecule has 0 aliphatic heterocycles. The first-order chi connectivity index (χ1) is 14.0. The van der Waals surface area contributed by atoms with Gasteiger partial charge in [0.05, 0.1) is 22.5 Å². The molecule has 1 aliphatic rings. The zero-order valence-electron chi connectivity index (χ0n) is 15.8. The van der Waals surface area contributed by atoms with Gasteiger partial charge in [0.15, 0.2) is 0 Å². The number of carbonyl (C=O) groups is 1. The summed E-state index contributed by atoms with van der Waals surface area (Å²) in [6, 6.07) is 9.01. The second kappa shape index (κ2) is 8.35. The molecule has 1 aliphatic carbocycles. The summed E-state index contributed by atoms with van der Waals surface area (Å²) in [6.45, 7) is -0.637. The van der Waals surface area contributed by atoms with Crippen LogP contribution in [0.3, 0.4) is 0 Å². The van der Waals surface area contributed by atoms with Gasteiger partial charge in [0.2, 0.25) is 15.9 Å². The van der Waals surface area contributed by atoms with Crippen molar-refractivity contribution < 1.29 is 30.8 Å². The van der Waals surface area contributed by atoms with Crippen LogP contribution >= 0.6 is 0 Å². The lowest BCUT2D eigenvalue weighted by Crippen LogP contribution is -2.47. The Balaban J connectivity index is 1.71. The molecule has 0 saturated heterocycles. The highest BCUT2D eigenvalue weighted by Gasteiger charge is 2.37. The molecule has 0 heterocycles. The fourth-order valence-corrected chi connectivity index (χ4v) is 4.66. The zero-order chi connectivity index (χ0) is 22.0. The summed E-state index contributed by atoms with van der Waals surface area (Å²) >= 11 is 0. The number of hydrogen-bond acceptors (Lipinski definition) is 3. The van der Waals surface area contributed by atoms with E-state index in [1.165, 1.54) is 12.1 Å². The van der Waals surface area contributed by atoms with E-state index in [-0.39, 0.29) is 0 Å². The first-order valence-electron chi connectivity index (χ1n) is 9.26. The highest BCUT2D eigenvalue weighted by molar-refractivity contribution is 7.89. The maximum Gasteiger partial charge on any atom is 0.416 e. The fourth-order valence-electron chi connectivity index (χ4n) is 3.63. The average Bonchev–Trinajstić information content (AvgIpc) is 3.16. The molecule has 2 aromatic carbocycles. The number of sulfonamides is 1. The van der Waals surface area contributed by atoms with Crippen molar-refractivity contribution in [2.45, 2.75) is 42.3 Å². The molecule has 2 aromatic rings. The van der Waals surface area contributed by atoms with Gasteiger partial charge in [-0.1, -0.05) is 31.0 Å². The molecular formula is C20H20F4N2O3S. The van der Waals surface area contributed by atoms with E-state index in [2.05, 4.69) is 5.32 Å². The van der Waals surface area contributed by atoms with Crippen molar-refractivity contribution in [3.63, 3.8) is 0 Å². The molecule has 3 rings (SSSR count). The SMILES string of the molecule is O=C(CNS(=O)(=O)c1cccc(C(F)(F)F)c1)NC1(c2ccc(F)cc2)CCCC1. The topological polar surface area (TPSA) is 75.3 Å². The molecule has 10 heteroatoms. The number of hydrogen-bond donors (Lipinski definition) is 2. The average molecular weight is 444 g/mol. The molecule has 162 valence electrons. The van der Waals surface area contributed by atoms with Crippen LogP contribution in [0.2, 0.25) is 0 Å². The molecular weight excluding hydrogens is 424 g/mol. The lowest BCUT2D eigenvalue weighted by Gasteiger charge is -2.31. The van der Waals surface area contributed by atoms with Crippen LogP contribution in [0.1, 0.15) is 36.8 Å². The maximum absolute atomic E-state index is 13.2. The van der Waals surface area contributed by atoms with Gasteiger partial charge in [-0.2, -0.15) is 13.2 Å². The van der Waals surface area contributed by atoms with Gasteiger partial charge in [-0.05, 0) is 48.7 Å². The van der Waals surface area contributed by atoms with Crippen molar-refractivity contribution in [3.8, 4) is 0 Å². The predicted molar refractivity (Wildman–Crippen MR) is 101 cm³/mol. The van der Waals surface area contributed by atoms with Crippen molar-refractivity contribution in [1.29, 1.82) is 0 Å². The van der Waals surface area contributed by atoms with Crippen molar-refractivity contribution in [1.82, 2.24) is 10.0 Å². The minimum absolute atomic E-state index is 0.410. The third-order valence-corrected chi connectivity index (χ3v) is 6.53. The Morgan fingerprint density at radius 3 is 2.27 bits per heavy atom. The van der Waals surface area contributed by atoms with Gasteiger partial charge >= 0.3 is 6.18 Å². The molecule has 0 aromatic heterocycles. The standard InChI is InChI=1S/C20H20F4N2O3S/c21-16-8-6-14(7-9-16)19(10-1-2-11-19)26-18(27)13-25-30(28,29)17-5-3-4-15(12-17)20(22,23)24/h3-9,12,25H,1-2,10-11,13H2,(H,26,27). The number of alkyl halides is 3. The molecule has 30 heavy (non-hydrogen) atoms. The second-order valence-electron chi connectivity index (χ2n) is 7.19. The van der Waals surface area contributed by atoms with Crippen LogP contribution in [0.25, 0.3) is 0 Å². The van der Waals surface area contributed by atoms with Gasteiger partial charge in [0.25, 0.3) is 0 Å². The highest BCUT2D eigenvalue weighted by Crippen LogP contribution is 2.38. The molecule has 5 nitrogen and oxygen atoms in total. The Kier molecular flexibility index (Phi) is 6.19. The van der Waals surface area contributed by atoms with Gasteiger partial charge in [0.1, 0.15) is 5.82 Å². The molecule has 1 saturated carbocycles. The summed E-state index contributed by atoms with van der Waals surface area (Å²) in [5, 5.41) is 2.82. The van der Waals surface area contributed by atoms with Gasteiger partial charge in [-0.25, -0.2) is 17.5 Å². The summed E-state index contributed by atoms with van der Waals surface area (Å²) in [5.41, 5.74) is -1.11. The number of amides is 1. The Hall–Kier alpha value is -2.46. The number of nitrogens with one attached hydrogen (secondary N) is 2. The van der Waals surface area contributed by atoms with Crippen molar-refractivity contribution in [3.05, 3.63) is 65.5 Å². The van der Waals surface area contributed by atoms with Crippen LogP contribution in [-0.4, -0.2) is 20.9 Å². The van der Waals surface area contributed by atoms with Crippen molar-refractivity contribution >= 4 is 15.9 Å². The van der Waals surface area contributed by atoms with Gasteiger partial charge in [0, 0.05) is 0 Å². The lowest BCUT2D eigenvalue weighted by molar-refractivity contribution is -0.137. The Morgan fingerprint density at radius 1 is 1.03 bits per heavy atom. The lowest BCUT2D eigenvalue weighted by atomic mass is 9.88. The van der Waals surface area contributed by atoms with Crippen molar-refractivity contribution in [2.24, 2.45) is 0 Å². The molecule has 1 fully saturated rings. The molecule has 0 atom stereocenters. The molecule has 1 amide bonds. The van der Waals surface area contributed by atoms with E-state index >= 15 is 0 Å². The highest BCUT2D eigenvalue weighted by atomic mass is 32.2. The Morgan fingerprint density at radius 2 is 1.67 bits per heavy atom. The van der Waals surface area contributed by atoms with Crippen LogP contribution in [0.4, 0.5) is 17.6 Å². The quantitative estimate of drug-likeness (QED) is 0.667. The Bertz CT molecular complexity index is 1020. The minimum Gasteiger partial charge on any atom is -0.345 e. The van der Waals surface area contributed by atoms with Crippen LogP contribution < -0.4 is 10.0 Å². The summed E-state index contributed by atoms with van der Waals surface area (Å²) in [6.07, 6.45) is -1.77. The first-order valence-corrected chi connectivity index (χ1v) is 10.7. The van der Waals surface area contributed by atoms with Crippen LogP contribution in [-0.2, 0) is 26.5 Å². The maximum atomic E-state index is 13.2. The monoisotopic (exact) mass is 444 g/mol. The van der Waals surface area contributed by atoms with Crippen LogP contribution in [0.5, 0.6) is 0 Å². The summed E-state index contributed by atoms with van der Waals surface area (Å²) in [4.78, 5) is 11.9. The number of benzene rings is 2. The minimum atomic E-state index is -4.69. The summed E-state index contributed by atoms with van der Waals surface area (Å²) in [7, 11) is -4.32. The van der Waals surface area contributed by atoms with E-state index in [1.807, 2.05) is 4.72 Å². The smallest absolute Gasteiger partial charge is 0.345 e. The van der Waals surface area contributed by atoms with Crippen LogP contribution in [0.15, 0.2) is 53.4 Å². The fraction of sp³-hybridized carbons (Fsp3) is 0.350. The van der Waals surface area contributed by atoms with E-state index in [1.54, 1.807) is 12.1 Å². The summed E-state index contributed by atoms with van der Waals surface area (Å²) in [5.74, 6) is -1.04. The van der Waals surface area contributed by atoms with Gasteiger partial charge in [-0.15, -0.1) is 0 Å². The van der Waals surface area contributed by atoms with E-state index in [0.717, 1.165) is 36.6 Å². The molecule has 0 bridgehead atoms. The van der Waals surface area contributed by atoms with Gasteiger partial charge < -0.3 is 5.32 Å². The molecule has 2 N–H and O–H groups in total. The predicted octanol–water partition coefficient (Wildman–Crippen LogP) is 3.71. The van der Waals surface area contributed by atoms with E-state index in [0.29, 0.717) is 18.9 Å². The Labute approximate surface area is 171 Å². The first kappa shape index (κ1) is 22.2. The number of rotatable bonds is 6. The zero-order valence-corrected chi connectivity index (χ0v) is 16.6. The molecule has 0 unspecified atom stereocenters. The number of carbonyl (C=O) groups excluding carboxylic acids is 1. The van der Waals surface area contributed by atoms with E-state index < -0.39 is 50.5 Å². The van der Waals surface area contributed by atoms with Crippen LogP contribution in [0, 0.1) is 5.82 Å². The van der Waals surface area contributed by atoms with E-state index in [4.69, 9.17) is 0 Å². The molecule has 0 radical (unpaired) electrons. The third-order valence-electron chi connectivity index (χ3n) is 5.13. The number of halogens is 4. The van der Waals surface area contributed by atoms with E-state index in [9.17, 15) is 30.8 Å². The van der Waals surface area contributed by atoms with Crippen molar-refractivity contribution in [2.75, 3.05) is 6.54 Å². The normalized spacial score (nSPS) is 16.4.